The fraction of sp³-hybridized carbons (Fsp3) is 0.900. The Bertz CT molecular complexity index is 193. The largest absolute Gasteiger partial charge is 0.341 e. The lowest BCUT2D eigenvalue weighted by Gasteiger charge is -2.36. The van der Waals surface area contributed by atoms with Crippen molar-refractivity contribution in [3.63, 3.8) is 0 Å². The highest BCUT2D eigenvalue weighted by Gasteiger charge is 2.27. The molecule has 14 heavy (non-hydrogen) atoms. The minimum Gasteiger partial charge on any atom is -0.341 e. The minimum absolute atomic E-state index is 0.521. The Morgan fingerprint density at radius 3 is 2.43 bits per heavy atom. The molecule has 1 aliphatic heterocycles. The maximum atomic E-state index is 5.36. The topological polar surface area (TPSA) is 6.48 Å². The Hall–Kier alpha value is 0.200. The van der Waals surface area contributed by atoms with Crippen LogP contribution in [0.2, 0.25) is 0 Å². The molecule has 0 radical (unpaired) electrons. The van der Waals surface area contributed by atoms with E-state index in [-0.39, 0.29) is 0 Å². The first-order chi connectivity index (χ1) is 6.74. The van der Waals surface area contributed by atoms with Crippen LogP contribution in [0.1, 0.15) is 27.2 Å². The van der Waals surface area contributed by atoms with E-state index >= 15 is 0 Å². The van der Waals surface area contributed by atoms with Crippen LogP contribution in [0.3, 0.4) is 0 Å². The Kier molecular flexibility index (Phi) is 5.20. The molecule has 0 aliphatic carbocycles. The summed E-state index contributed by atoms with van der Waals surface area (Å²) in [6.07, 6.45) is 1.68. The molecule has 4 heteroatoms. The van der Waals surface area contributed by atoms with Gasteiger partial charge in [0.05, 0.1) is 6.17 Å². The molecule has 1 heterocycles. The second-order valence-corrected chi connectivity index (χ2v) is 5.15. The van der Waals surface area contributed by atoms with Crippen LogP contribution in [-0.4, -0.2) is 45.7 Å². The number of thiocarbonyl (C=S) groups is 1. The average molecular weight is 232 g/mol. The number of rotatable bonds is 5. The van der Waals surface area contributed by atoms with Gasteiger partial charge in [-0.3, -0.25) is 4.90 Å². The second-order valence-electron chi connectivity index (χ2n) is 3.42. The summed E-state index contributed by atoms with van der Waals surface area (Å²) in [6.45, 7) is 10.0. The van der Waals surface area contributed by atoms with Gasteiger partial charge in [-0.1, -0.05) is 44.8 Å². The van der Waals surface area contributed by atoms with Gasteiger partial charge in [-0.05, 0) is 19.5 Å². The van der Waals surface area contributed by atoms with Gasteiger partial charge in [0.15, 0.2) is 0 Å². The molecule has 82 valence electrons. The van der Waals surface area contributed by atoms with Gasteiger partial charge in [0.2, 0.25) is 0 Å². The summed E-state index contributed by atoms with van der Waals surface area (Å²) in [5.74, 6) is 1.16. The molecule has 0 saturated carbocycles. The Balaban J connectivity index is 2.64. The summed E-state index contributed by atoms with van der Waals surface area (Å²) < 4.78 is 1.09. The quantitative estimate of drug-likeness (QED) is 0.671. The van der Waals surface area contributed by atoms with Gasteiger partial charge in [0.1, 0.15) is 4.32 Å². The molecule has 1 unspecified atom stereocenters. The zero-order valence-electron chi connectivity index (χ0n) is 9.32. The van der Waals surface area contributed by atoms with E-state index in [0.29, 0.717) is 6.17 Å². The lowest BCUT2D eigenvalue weighted by molar-refractivity contribution is 0.108. The normalized spacial score (nSPS) is 19.4. The molecule has 1 saturated heterocycles. The maximum absolute atomic E-state index is 5.36. The van der Waals surface area contributed by atoms with Crippen molar-refractivity contribution < 1.29 is 0 Å². The van der Waals surface area contributed by atoms with Crippen LogP contribution in [0.25, 0.3) is 0 Å². The first-order valence-electron chi connectivity index (χ1n) is 5.42. The molecule has 1 atom stereocenters. The van der Waals surface area contributed by atoms with Gasteiger partial charge < -0.3 is 4.90 Å². The number of thioether (sulfide) groups is 1. The molecule has 1 aliphatic rings. The van der Waals surface area contributed by atoms with Crippen LogP contribution in [-0.2, 0) is 0 Å². The van der Waals surface area contributed by atoms with E-state index in [1.807, 2.05) is 11.8 Å². The smallest absolute Gasteiger partial charge is 0.137 e. The highest BCUT2D eigenvalue weighted by Crippen LogP contribution is 2.23. The van der Waals surface area contributed by atoms with Crippen molar-refractivity contribution in [2.75, 3.05) is 25.4 Å². The predicted octanol–water partition coefficient (Wildman–Crippen LogP) is 2.40. The number of nitrogens with zero attached hydrogens (tertiary/aromatic N) is 2. The summed E-state index contributed by atoms with van der Waals surface area (Å²) in [5.41, 5.74) is 0. The summed E-state index contributed by atoms with van der Waals surface area (Å²) in [6, 6.07) is 0. The molecule has 0 N–H and O–H groups in total. The van der Waals surface area contributed by atoms with E-state index in [1.54, 1.807) is 0 Å². The van der Waals surface area contributed by atoms with Crippen molar-refractivity contribution >= 4 is 28.3 Å². The van der Waals surface area contributed by atoms with Crippen molar-refractivity contribution in [2.24, 2.45) is 0 Å². The van der Waals surface area contributed by atoms with Gasteiger partial charge in [-0.25, -0.2) is 0 Å². The average Bonchev–Trinajstić information content (AvgIpc) is 2.61. The lowest BCUT2D eigenvalue weighted by Crippen LogP contribution is -2.48. The molecular formula is C10H20N2S2. The zero-order chi connectivity index (χ0) is 10.6. The van der Waals surface area contributed by atoms with Crippen molar-refractivity contribution in [2.45, 2.75) is 33.4 Å². The summed E-state index contributed by atoms with van der Waals surface area (Å²) >= 11 is 7.18. The summed E-state index contributed by atoms with van der Waals surface area (Å²) in [4.78, 5) is 4.87. The third-order valence-electron chi connectivity index (χ3n) is 2.75. The summed E-state index contributed by atoms with van der Waals surface area (Å²) in [7, 11) is 0. The predicted molar refractivity (Wildman–Crippen MR) is 68.8 cm³/mol. The fourth-order valence-electron chi connectivity index (χ4n) is 2.00. The maximum Gasteiger partial charge on any atom is 0.137 e. The Morgan fingerprint density at radius 2 is 2.07 bits per heavy atom. The van der Waals surface area contributed by atoms with E-state index in [0.717, 1.165) is 36.1 Å². The third kappa shape index (κ3) is 2.61. The monoisotopic (exact) mass is 232 g/mol. The molecular weight excluding hydrogens is 212 g/mol. The molecule has 0 bridgehead atoms. The van der Waals surface area contributed by atoms with Crippen molar-refractivity contribution in [1.82, 2.24) is 9.80 Å². The van der Waals surface area contributed by atoms with Crippen molar-refractivity contribution in [3.05, 3.63) is 0 Å². The molecule has 0 aromatic heterocycles. The summed E-state index contributed by atoms with van der Waals surface area (Å²) in [5, 5.41) is 0. The van der Waals surface area contributed by atoms with E-state index in [2.05, 4.69) is 30.6 Å². The second kappa shape index (κ2) is 5.93. The van der Waals surface area contributed by atoms with Crippen molar-refractivity contribution in [3.8, 4) is 0 Å². The molecule has 1 rings (SSSR count). The Labute approximate surface area is 97.0 Å². The van der Waals surface area contributed by atoms with E-state index in [1.165, 1.54) is 0 Å². The zero-order valence-corrected chi connectivity index (χ0v) is 11.0. The first kappa shape index (κ1) is 12.3. The fourth-order valence-corrected chi connectivity index (χ4v) is 3.30. The van der Waals surface area contributed by atoms with Crippen LogP contribution in [0.5, 0.6) is 0 Å². The molecule has 0 spiro atoms. The van der Waals surface area contributed by atoms with Crippen LogP contribution >= 0.6 is 24.0 Å². The Morgan fingerprint density at radius 1 is 1.43 bits per heavy atom. The highest BCUT2D eigenvalue weighted by atomic mass is 32.2. The third-order valence-corrected chi connectivity index (χ3v) is 4.21. The molecule has 0 aromatic carbocycles. The lowest BCUT2D eigenvalue weighted by atomic mass is 10.3. The van der Waals surface area contributed by atoms with Gasteiger partial charge in [0.25, 0.3) is 0 Å². The van der Waals surface area contributed by atoms with Crippen molar-refractivity contribution in [1.29, 1.82) is 0 Å². The number of hydrogen-bond donors (Lipinski definition) is 0. The minimum atomic E-state index is 0.521. The molecule has 2 nitrogen and oxygen atoms in total. The highest BCUT2D eigenvalue weighted by molar-refractivity contribution is 8.23. The first-order valence-corrected chi connectivity index (χ1v) is 6.81. The van der Waals surface area contributed by atoms with Crippen LogP contribution < -0.4 is 0 Å². The van der Waals surface area contributed by atoms with Gasteiger partial charge >= 0.3 is 0 Å². The SMILES string of the molecule is CCC(N(CC)CC)N1CCSC1=S. The van der Waals surface area contributed by atoms with Crippen LogP contribution in [0, 0.1) is 0 Å². The van der Waals surface area contributed by atoms with Crippen LogP contribution in [0.4, 0.5) is 0 Å². The van der Waals surface area contributed by atoms with Gasteiger partial charge in [0, 0.05) is 12.3 Å². The molecule has 0 aromatic rings. The van der Waals surface area contributed by atoms with E-state index in [9.17, 15) is 0 Å². The van der Waals surface area contributed by atoms with Crippen LogP contribution in [0.15, 0.2) is 0 Å². The number of hydrogen-bond acceptors (Lipinski definition) is 3. The van der Waals surface area contributed by atoms with Gasteiger partial charge in [-0.2, -0.15) is 0 Å². The molecule has 0 amide bonds. The van der Waals surface area contributed by atoms with Gasteiger partial charge in [-0.15, -0.1) is 0 Å². The standard InChI is InChI=1S/C10H20N2S2/c1-4-9(11(5-2)6-3)12-7-8-14-10(12)13/h9H,4-8H2,1-3H3. The molecule has 1 fully saturated rings. The van der Waals surface area contributed by atoms with E-state index < -0.39 is 0 Å². The van der Waals surface area contributed by atoms with E-state index in [4.69, 9.17) is 12.2 Å².